The van der Waals surface area contributed by atoms with Gasteiger partial charge >= 0.3 is 0 Å². The van der Waals surface area contributed by atoms with Gasteiger partial charge in [0, 0.05) is 32.7 Å². The molecule has 2 atom stereocenters. The van der Waals surface area contributed by atoms with E-state index in [4.69, 9.17) is 4.74 Å². The van der Waals surface area contributed by atoms with Gasteiger partial charge in [-0.05, 0) is 42.0 Å². The molecule has 174 valence electrons. The van der Waals surface area contributed by atoms with Crippen molar-refractivity contribution in [3.05, 3.63) is 53.2 Å². The molecular formula is C22H28FN3O4S2. The van der Waals surface area contributed by atoms with Gasteiger partial charge in [-0.1, -0.05) is 18.2 Å². The van der Waals surface area contributed by atoms with Crippen molar-refractivity contribution in [2.45, 2.75) is 23.1 Å². The summed E-state index contributed by atoms with van der Waals surface area (Å²) in [4.78, 5) is 15.2. The number of hydrogen-bond donors (Lipinski definition) is 1. The predicted molar refractivity (Wildman–Crippen MR) is 120 cm³/mol. The molecule has 0 bridgehead atoms. The molecule has 32 heavy (non-hydrogen) atoms. The number of thiophene rings is 1. The van der Waals surface area contributed by atoms with Gasteiger partial charge in [0.05, 0.1) is 25.2 Å². The standard InChI is InChI=1S/C22H28FN3O4S2/c23-19-7-5-17(6-8-19)20(25-10-12-30-13-11-25)15-24-22(27)18-3-1-9-26(16-18)32(28,29)21-4-2-14-31-21/h2,4-8,14,18,20H,1,3,9-13,15-16H2,(H,24,27). The third kappa shape index (κ3) is 5.37. The second-order valence-corrected chi connectivity index (χ2v) is 11.2. The number of morpholine rings is 1. The lowest BCUT2D eigenvalue weighted by atomic mass is 9.98. The van der Waals surface area contributed by atoms with Crippen LogP contribution >= 0.6 is 11.3 Å². The average Bonchev–Trinajstić information content (AvgIpc) is 3.37. The van der Waals surface area contributed by atoms with Crippen LogP contribution in [0.2, 0.25) is 0 Å². The molecular weight excluding hydrogens is 453 g/mol. The highest BCUT2D eigenvalue weighted by Gasteiger charge is 2.34. The molecule has 0 radical (unpaired) electrons. The number of benzene rings is 1. The first-order chi connectivity index (χ1) is 15.4. The minimum absolute atomic E-state index is 0.0991. The van der Waals surface area contributed by atoms with Gasteiger partial charge in [-0.3, -0.25) is 9.69 Å². The zero-order chi connectivity index (χ0) is 22.6. The first kappa shape index (κ1) is 23.3. The van der Waals surface area contributed by atoms with Crippen LogP contribution in [0.4, 0.5) is 4.39 Å². The number of halogens is 1. The molecule has 0 saturated carbocycles. The largest absolute Gasteiger partial charge is 0.379 e. The first-order valence-electron chi connectivity index (χ1n) is 10.8. The zero-order valence-corrected chi connectivity index (χ0v) is 19.4. The molecule has 0 spiro atoms. The Morgan fingerprint density at radius 2 is 1.94 bits per heavy atom. The molecule has 4 rings (SSSR count). The number of carbonyl (C=O) groups excluding carboxylic acids is 1. The van der Waals surface area contributed by atoms with Gasteiger partial charge in [-0.15, -0.1) is 11.3 Å². The maximum Gasteiger partial charge on any atom is 0.252 e. The number of nitrogens with zero attached hydrogens (tertiary/aromatic N) is 2. The Morgan fingerprint density at radius 3 is 2.62 bits per heavy atom. The Bertz CT molecular complexity index is 993. The molecule has 2 unspecified atom stereocenters. The van der Waals surface area contributed by atoms with Crippen LogP contribution in [-0.4, -0.2) is 69.5 Å². The Balaban J connectivity index is 1.41. The molecule has 7 nitrogen and oxygen atoms in total. The second kappa shape index (κ2) is 10.4. The lowest BCUT2D eigenvalue weighted by Crippen LogP contribution is -2.48. The second-order valence-electron chi connectivity index (χ2n) is 8.10. The summed E-state index contributed by atoms with van der Waals surface area (Å²) in [5.74, 6) is -0.832. The van der Waals surface area contributed by atoms with E-state index in [9.17, 15) is 17.6 Å². The highest BCUT2D eigenvalue weighted by Crippen LogP contribution is 2.27. The highest BCUT2D eigenvalue weighted by molar-refractivity contribution is 7.91. The number of amides is 1. The van der Waals surface area contributed by atoms with Crippen molar-refractivity contribution in [2.24, 2.45) is 5.92 Å². The Kier molecular flexibility index (Phi) is 7.57. The van der Waals surface area contributed by atoms with Crippen molar-refractivity contribution in [3.8, 4) is 0 Å². The molecule has 1 amide bonds. The van der Waals surface area contributed by atoms with E-state index < -0.39 is 15.9 Å². The Hall–Kier alpha value is -1.85. The van der Waals surface area contributed by atoms with Crippen LogP contribution in [0.15, 0.2) is 46.0 Å². The van der Waals surface area contributed by atoms with Crippen LogP contribution in [0.25, 0.3) is 0 Å². The topological polar surface area (TPSA) is 79.0 Å². The number of nitrogens with one attached hydrogen (secondary N) is 1. The molecule has 1 aromatic heterocycles. The predicted octanol–water partition coefficient (Wildman–Crippen LogP) is 2.48. The normalized spacial score (nSPS) is 21.8. The molecule has 2 aliphatic rings. The van der Waals surface area contributed by atoms with Crippen molar-refractivity contribution < 1.29 is 22.3 Å². The Morgan fingerprint density at radius 1 is 1.19 bits per heavy atom. The molecule has 3 heterocycles. The van der Waals surface area contributed by atoms with Gasteiger partial charge in [0.1, 0.15) is 10.0 Å². The summed E-state index contributed by atoms with van der Waals surface area (Å²) in [6, 6.07) is 9.57. The monoisotopic (exact) mass is 481 g/mol. The molecule has 10 heteroatoms. The number of rotatable bonds is 7. The smallest absolute Gasteiger partial charge is 0.252 e. The van der Waals surface area contributed by atoms with Crippen molar-refractivity contribution >= 4 is 27.3 Å². The van der Waals surface area contributed by atoms with Crippen LogP contribution in [0.1, 0.15) is 24.4 Å². The quantitative estimate of drug-likeness (QED) is 0.657. The minimum atomic E-state index is -3.57. The summed E-state index contributed by atoms with van der Waals surface area (Å²) >= 11 is 1.19. The van der Waals surface area contributed by atoms with Gasteiger partial charge in [0.2, 0.25) is 5.91 Å². The van der Waals surface area contributed by atoms with Crippen LogP contribution < -0.4 is 5.32 Å². The first-order valence-corrected chi connectivity index (χ1v) is 13.2. The van der Waals surface area contributed by atoms with Gasteiger partial charge in [0.15, 0.2) is 0 Å². The van der Waals surface area contributed by atoms with Gasteiger partial charge < -0.3 is 10.1 Å². The molecule has 1 aromatic carbocycles. The summed E-state index contributed by atoms with van der Waals surface area (Å²) in [5, 5.41) is 4.77. The van der Waals surface area contributed by atoms with Gasteiger partial charge in [-0.25, -0.2) is 12.8 Å². The molecule has 1 N–H and O–H groups in total. The molecule has 2 fully saturated rings. The SMILES string of the molecule is O=C(NCC(c1ccc(F)cc1)N1CCOCC1)C1CCCN(S(=O)(=O)c2cccs2)C1. The van der Waals surface area contributed by atoms with Gasteiger partial charge in [0.25, 0.3) is 10.0 Å². The highest BCUT2D eigenvalue weighted by atomic mass is 32.2. The van der Waals surface area contributed by atoms with E-state index in [1.807, 2.05) is 0 Å². The van der Waals surface area contributed by atoms with E-state index in [0.29, 0.717) is 43.4 Å². The summed E-state index contributed by atoms with van der Waals surface area (Å²) in [6.45, 7) is 3.68. The third-order valence-corrected chi connectivity index (χ3v) is 9.29. The zero-order valence-electron chi connectivity index (χ0n) is 17.8. The molecule has 2 saturated heterocycles. The summed E-state index contributed by atoms with van der Waals surface area (Å²) < 4.78 is 46.3. The lowest BCUT2D eigenvalue weighted by Gasteiger charge is -2.36. The van der Waals surface area contributed by atoms with Gasteiger partial charge in [-0.2, -0.15) is 4.31 Å². The molecule has 2 aromatic rings. The molecule has 0 aliphatic carbocycles. The van der Waals surface area contributed by atoms with E-state index in [-0.39, 0.29) is 24.3 Å². The number of ether oxygens (including phenoxy) is 1. The fraction of sp³-hybridized carbons (Fsp3) is 0.500. The number of carbonyl (C=O) groups is 1. The fourth-order valence-corrected chi connectivity index (χ4v) is 6.95. The Labute approximate surface area is 192 Å². The van der Waals surface area contributed by atoms with Crippen molar-refractivity contribution in [3.63, 3.8) is 0 Å². The molecule has 2 aliphatic heterocycles. The average molecular weight is 482 g/mol. The van der Waals surface area contributed by atoms with Crippen molar-refractivity contribution in [1.82, 2.24) is 14.5 Å². The summed E-state index contributed by atoms with van der Waals surface area (Å²) in [7, 11) is -3.57. The van der Waals surface area contributed by atoms with E-state index in [1.165, 1.54) is 27.8 Å². The van der Waals surface area contributed by atoms with Crippen LogP contribution in [0, 0.1) is 11.7 Å². The third-order valence-electron chi connectivity index (χ3n) is 6.06. The summed E-state index contributed by atoms with van der Waals surface area (Å²) in [5.41, 5.74) is 0.930. The maximum absolute atomic E-state index is 13.4. The number of sulfonamides is 1. The lowest BCUT2D eigenvalue weighted by molar-refractivity contribution is -0.126. The van der Waals surface area contributed by atoms with Crippen molar-refractivity contribution in [2.75, 3.05) is 45.9 Å². The van der Waals surface area contributed by atoms with Crippen LogP contribution in [-0.2, 0) is 19.6 Å². The maximum atomic E-state index is 13.4. The number of hydrogen-bond acceptors (Lipinski definition) is 6. The van der Waals surface area contributed by atoms with Crippen LogP contribution in [0.3, 0.4) is 0 Å². The number of piperidine rings is 1. The van der Waals surface area contributed by atoms with Crippen LogP contribution in [0.5, 0.6) is 0 Å². The van der Waals surface area contributed by atoms with E-state index in [2.05, 4.69) is 10.2 Å². The fourth-order valence-electron chi connectivity index (χ4n) is 4.29. The van der Waals surface area contributed by atoms with E-state index in [1.54, 1.807) is 29.6 Å². The van der Waals surface area contributed by atoms with E-state index >= 15 is 0 Å². The van der Waals surface area contributed by atoms with Crippen molar-refractivity contribution in [1.29, 1.82) is 0 Å². The summed E-state index contributed by atoms with van der Waals surface area (Å²) in [6.07, 6.45) is 1.30. The van der Waals surface area contributed by atoms with E-state index in [0.717, 1.165) is 18.7 Å². The minimum Gasteiger partial charge on any atom is -0.379 e.